The molecule has 2 aromatic carbocycles. The van der Waals surface area contributed by atoms with Crippen LogP contribution < -0.4 is 9.64 Å². The minimum absolute atomic E-state index is 0.107. The molecular formula is C26H24N4O4. The van der Waals surface area contributed by atoms with Crippen molar-refractivity contribution in [2.24, 2.45) is 0 Å². The molecule has 34 heavy (non-hydrogen) atoms. The van der Waals surface area contributed by atoms with Crippen molar-refractivity contribution < 1.29 is 18.4 Å². The number of hydrogen-bond acceptors (Lipinski definition) is 7. The lowest BCUT2D eigenvalue weighted by molar-refractivity contribution is -0.131. The average Bonchev–Trinajstić information content (AvgIpc) is 3.57. The van der Waals surface area contributed by atoms with Crippen molar-refractivity contribution in [3.05, 3.63) is 66.6 Å². The van der Waals surface area contributed by atoms with Crippen LogP contribution in [0.5, 0.6) is 5.75 Å². The normalized spacial score (nSPS) is 13.7. The summed E-state index contributed by atoms with van der Waals surface area (Å²) in [5.74, 6) is 2.12. The maximum Gasteiger partial charge on any atom is 0.266 e. The molecule has 1 fully saturated rings. The van der Waals surface area contributed by atoms with Gasteiger partial charge in [0, 0.05) is 38.0 Å². The van der Waals surface area contributed by atoms with Crippen molar-refractivity contribution in [2.45, 2.75) is 12.8 Å². The highest BCUT2D eigenvalue weighted by Crippen LogP contribution is 2.29. The van der Waals surface area contributed by atoms with Gasteiger partial charge in [-0.3, -0.25) is 4.79 Å². The summed E-state index contributed by atoms with van der Waals surface area (Å²) in [5.41, 5.74) is 0.219. The van der Waals surface area contributed by atoms with Gasteiger partial charge in [0.25, 0.3) is 5.89 Å². The molecule has 8 nitrogen and oxygen atoms in total. The predicted octanol–water partition coefficient (Wildman–Crippen LogP) is 4.47. The molecule has 0 unspecified atom stereocenters. The van der Waals surface area contributed by atoms with E-state index < -0.39 is 0 Å². The number of nitriles is 1. The second kappa shape index (κ2) is 9.71. The van der Waals surface area contributed by atoms with Gasteiger partial charge < -0.3 is 23.4 Å². The van der Waals surface area contributed by atoms with Crippen LogP contribution >= 0.6 is 0 Å². The molecule has 8 heteroatoms. The third kappa shape index (κ3) is 4.46. The first kappa shape index (κ1) is 21.6. The average molecular weight is 457 g/mol. The summed E-state index contributed by atoms with van der Waals surface area (Å²) in [6, 6.07) is 19.6. The number of rotatable bonds is 7. The minimum atomic E-state index is 0.107. The fourth-order valence-electron chi connectivity index (χ4n) is 4.15. The molecule has 0 radical (unpaired) electrons. The standard InChI is InChI=1S/C26H24N4O4/c27-18-21-26(34-25(28-21)23-10-4-16-33-23)30-14-12-29(13-15-30)24(31)11-5-17-32-22-9-3-7-19-6-1-2-8-20(19)22/h1-4,6-10,16H,5,11-15,17H2. The van der Waals surface area contributed by atoms with Crippen LogP contribution in [0.15, 0.2) is 69.7 Å². The van der Waals surface area contributed by atoms with Gasteiger partial charge in [0.1, 0.15) is 11.8 Å². The Kier molecular flexibility index (Phi) is 6.17. The Balaban J connectivity index is 1.11. The fraction of sp³-hybridized carbons (Fsp3) is 0.269. The lowest BCUT2D eigenvalue weighted by atomic mass is 10.1. The summed E-state index contributed by atoms with van der Waals surface area (Å²) in [4.78, 5) is 20.7. The summed E-state index contributed by atoms with van der Waals surface area (Å²) >= 11 is 0. The number of furan rings is 1. The summed E-state index contributed by atoms with van der Waals surface area (Å²) in [7, 11) is 0. The minimum Gasteiger partial charge on any atom is -0.493 e. The van der Waals surface area contributed by atoms with E-state index in [0.29, 0.717) is 57.3 Å². The molecule has 0 N–H and O–H groups in total. The van der Waals surface area contributed by atoms with Gasteiger partial charge in [-0.1, -0.05) is 36.4 Å². The number of carbonyl (C=O) groups is 1. The van der Waals surface area contributed by atoms with Crippen LogP contribution in [0.3, 0.4) is 0 Å². The number of amides is 1. The molecule has 0 bridgehead atoms. The highest BCUT2D eigenvalue weighted by Gasteiger charge is 2.27. The van der Waals surface area contributed by atoms with Crippen molar-refractivity contribution in [3.63, 3.8) is 0 Å². The summed E-state index contributed by atoms with van der Waals surface area (Å²) in [5, 5.41) is 11.7. The van der Waals surface area contributed by atoms with E-state index in [1.165, 1.54) is 6.26 Å². The molecule has 5 rings (SSSR count). The van der Waals surface area contributed by atoms with Crippen LogP contribution in [0.2, 0.25) is 0 Å². The zero-order chi connectivity index (χ0) is 23.3. The summed E-state index contributed by atoms with van der Waals surface area (Å²) in [6.07, 6.45) is 2.61. The lowest BCUT2D eigenvalue weighted by Gasteiger charge is -2.34. The number of nitrogens with zero attached hydrogens (tertiary/aromatic N) is 4. The van der Waals surface area contributed by atoms with E-state index in [1.54, 1.807) is 12.1 Å². The van der Waals surface area contributed by atoms with Gasteiger partial charge >= 0.3 is 0 Å². The number of ether oxygens (including phenoxy) is 1. The van der Waals surface area contributed by atoms with E-state index in [0.717, 1.165) is 16.5 Å². The van der Waals surface area contributed by atoms with Gasteiger partial charge in [0.2, 0.25) is 17.5 Å². The number of piperazine rings is 1. The van der Waals surface area contributed by atoms with Crippen LogP contribution in [0.4, 0.5) is 5.88 Å². The molecule has 2 aromatic heterocycles. The largest absolute Gasteiger partial charge is 0.493 e. The topological polar surface area (TPSA) is 95.7 Å². The summed E-state index contributed by atoms with van der Waals surface area (Å²) < 4.78 is 17.1. The number of fused-ring (bicyclic) bond motifs is 1. The van der Waals surface area contributed by atoms with Gasteiger partial charge in [0.15, 0.2) is 5.76 Å². The van der Waals surface area contributed by atoms with E-state index in [-0.39, 0.29) is 17.5 Å². The number of benzene rings is 2. The van der Waals surface area contributed by atoms with Crippen molar-refractivity contribution in [1.29, 1.82) is 5.26 Å². The highest BCUT2D eigenvalue weighted by molar-refractivity contribution is 5.88. The van der Waals surface area contributed by atoms with Crippen molar-refractivity contribution in [2.75, 3.05) is 37.7 Å². The first-order valence-electron chi connectivity index (χ1n) is 11.3. The van der Waals surface area contributed by atoms with Crippen molar-refractivity contribution >= 4 is 22.6 Å². The molecule has 0 saturated carbocycles. The maximum absolute atomic E-state index is 12.7. The Bertz CT molecular complexity index is 1310. The number of carbonyl (C=O) groups excluding carboxylic acids is 1. The molecule has 0 aliphatic carbocycles. The first-order valence-corrected chi connectivity index (χ1v) is 11.3. The second-order valence-electron chi connectivity index (χ2n) is 8.06. The Morgan fingerprint density at radius 2 is 1.88 bits per heavy atom. The molecule has 1 saturated heterocycles. The molecule has 172 valence electrons. The van der Waals surface area contributed by atoms with Crippen LogP contribution in [-0.4, -0.2) is 48.6 Å². The number of hydrogen-bond donors (Lipinski definition) is 0. The van der Waals surface area contributed by atoms with E-state index >= 15 is 0 Å². The van der Waals surface area contributed by atoms with Crippen LogP contribution in [-0.2, 0) is 4.79 Å². The van der Waals surface area contributed by atoms with E-state index in [4.69, 9.17) is 13.6 Å². The van der Waals surface area contributed by atoms with Crippen molar-refractivity contribution in [3.8, 4) is 23.5 Å². The fourth-order valence-corrected chi connectivity index (χ4v) is 4.15. The van der Waals surface area contributed by atoms with E-state index in [2.05, 4.69) is 23.2 Å². The van der Waals surface area contributed by atoms with Gasteiger partial charge in [-0.2, -0.15) is 10.2 Å². The Morgan fingerprint density at radius 1 is 1.06 bits per heavy atom. The van der Waals surface area contributed by atoms with Crippen LogP contribution in [0.25, 0.3) is 22.4 Å². The van der Waals surface area contributed by atoms with Gasteiger partial charge in [-0.15, -0.1) is 0 Å². The SMILES string of the molecule is N#Cc1nc(-c2ccco2)oc1N1CCN(C(=O)CCCOc2cccc3ccccc23)CC1. The quantitative estimate of drug-likeness (QED) is 0.379. The Labute approximate surface area is 197 Å². The lowest BCUT2D eigenvalue weighted by Crippen LogP contribution is -2.48. The summed E-state index contributed by atoms with van der Waals surface area (Å²) in [6.45, 7) is 2.74. The molecule has 1 aliphatic heterocycles. The number of anilines is 1. The number of oxazole rings is 1. The third-order valence-corrected chi connectivity index (χ3v) is 5.91. The maximum atomic E-state index is 12.7. The van der Waals surface area contributed by atoms with Gasteiger partial charge in [0.05, 0.1) is 12.9 Å². The Morgan fingerprint density at radius 3 is 2.68 bits per heavy atom. The Hall–Kier alpha value is -4.25. The molecule has 3 heterocycles. The third-order valence-electron chi connectivity index (χ3n) is 5.91. The van der Waals surface area contributed by atoms with Crippen molar-refractivity contribution in [1.82, 2.24) is 9.88 Å². The first-order chi connectivity index (χ1) is 16.7. The molecule has 0 atom stereocenters. The molecular weight excluding hydrogens is 432 g/mol. The zero-order valence-corrected chi connectivity index (χ0v) is 18.6. The van der Waals surface area contributed by atoms with Crippen LogP contribution in [0.1, 0.15) is 18.5 Å². The monoisotopic (exact) mass is 456 g/mol. The predicted molar refractivity (Wildman–Crippen MR) is 126 cm³/mol. The van der Waals surface area contributed by atoms with E-state index in [9.17, 15) is 10.1 Å². The zero-order valence-electron chi connectivity index (χ0n) is 18.6. The highest BCUT2D eigenvalue weighted by atomic mass is 16.5. The number of aromatic nitrogens is 1. The molecule has 1 aliphatic rings. The van der Waals surface area contributed by atoms with E-state index in [1.807, 2.05) is 40.1 Å². The molecule has 0 spiro atoms. The smallest absolute Gasteiger partial charge is 0.266 e. The van der Waals surface area contributed by atoms with Crippen LogP contribution in [0, 0.1) is 11.3 Å². The molecule has 4 aromatic rings. The van der Waals surface area contributed by atoms with Gasteiger partial charge in [-0.05, 0) is 30.0 Å². The van der Waals surface area contributed by atoms with Gasteiger partial charge in [-0.25, -0.2) is 0 Å². The molecule has 1 amide bonds. The second-order valence-corrected chi connectivity index (χ2v) is 8.06.